The summed E-state index contributed by atoms with van der Waals surface area (Å²) in [6, 6.07) is 16.8. The number of rotatable bonds is 5. The van der Waals surface area contributed by atoms with Crippen molar-refractivity contribution >= 4 is 17.7 Å². The number of carbonyl (C=O) groups is 1. The van der Waals surface area contributed by atoms with Gasteiger partial charge in [0.15, 0.2) is 5.78 Å². The molecule has 0 aliphatic carbocycles. The maximum Gasteiger partial charge on any atom is 0.168 e. The van der Waals surface area contributed by atoms with E-state index < -0.39 is 0 Å². The smallest absolute Gasteiger partial charge is 0.168 e. The van der Waals surface area contributed by atoms with Crippen molar-refractivity contribution in [3.8, 4) is 0 Å². The van der Waals surface area contributed by atoms with E-state index in [2.05, 4.69) is 4.99 Å². The van der Waals surface area contributed by atoms with Crippen LogP contribution in [0.15, 0.2) is 59.6 Å². The highest BCUT2D eigenvalue weighted by Gasteiger charge is 2.02. The number of carbonyl (C=O) groups excluding carboxylic acids is 1. The van der Waals surface area contributed by atoms with Gasteiger partial charge in [0, 0.05) is 23.9 Å². The summed E-state index contributed by atoms with van der Waals surface area (Å²) >= 11 is 0. The lowest BCUT2D eigenvalue weighted by molar-refractivity contribution is 0.100. The van der Waals surface area contributed by atoms with E-state index >= 15 is 0 Å². The number of hydrogen-bond donors (Lipinski definition) is 1. The molecule has 2 aromatic rings. The number of aliphatic imine (C=N–C) groups is 1. The van der Waals surface area contributed by atoms with Crippen LogP contribution < -0.4 is 5.73 Å². The highest BCUT2D eigenvalue weighted by atomic mass is 16.1. The van der Waals surface area contributed by atoms with Crippen LogP contribution in [0.3, 0.4) is 0 Å². The van der Waals surface area contributed by atoms with E-state index in [1.807, 2.05) is 54.6 Å². The standard InChI is InChI=1S/C16H16N2O/c17-15-9-5-4-8-14(15)12-18-11-10-16(19)13-6-2-1-3-7-13/h1-9,11H,10,12,17H2. The van der Waals surface area contributed by atoms with Gasteiger partial charge in [0.05, 0.1) is 6.54 Å². The monoisotopic (exact) mass is 252 g/mol. The van der Waals surface area contributed by atoms with Crippen LogP contribution in [-0.2, 0) is 6.54 Å². The number of nitrogens with zero attached hydrogens (tertiary/aromatic N) is 1. The maximum atomic E-state index is 11.8. The molecule has 0 atom stereocenters. The molecule has 0 spiro atoms. The van der Waals surface area contributed by atoms with Gasteiger partial charge in [0.1, 0.15) is 0 Å². The molecule has 2 N–H and O–H groups in total. The second-order valence-electron chi connectivity index (χ2n) is 4.22. The molecule has 2 rings (SSSR count). The third-order valence-electron chi connectivity index (χ3n) is 2.82. The predicted octanol–water partition coefficient (Wildman–Crippen LogP) is 3.11. The molecule has 0 bridgehead atoms. The van der Waals surface area contributed by atoms with E-state index in [0.29, 0.717) is 18.5 Å². The molecule has 0 saturated heterocycles. The van der Waals surface area contributed by atoms with Crippen LogP contribution in [0, 0.1) is 0 Å². The number of nitrogen functional groups attached to an aromatic ring is 1. The number of ketones is 1. The van der Waals surface area contributed by atoms with Gasteiger partial charge in [-0.3, -0.25) is 9.79 Å². The SMILES string of the molecule is Nc1ccccc1CN=CCC(=O)c1ccccc1. The van der Waals surface area contributed by atoms with Gasteiger partial charge in [0.2, 0.25) is 0 Å². The summed E-state index contributed by atoms with van der Waals surface area (Å²) in [4.78, 5) is 16.0. The van der Waals surface area contributed by atoms with Crippen LogP contribution in [0.2, 0.25) is 0 Å². The number of para-hydroxylation sites is 1. The maximum absolute atomic E-state index is 11.8. The average Bonchev–Trinajstić information content (AvgIpc) is 2.46. The lowest BCUT2D eigenvalue weighted by Crippen LogP contribution is -1.99. The summed E-state index contributed by atoms with van der Waals surface area (Å²) in [7, 11) is 0. The normalized spacial score (nSPS) is 10.7. The van der Waals surface area contributed by atoms with Crippen molar-refractivity contribution in [2.45, 2.75) is 13.0 Å². The fourth-order valence-electron chi connectivity index (χ4n) is 1.73. The summed E-state index contributed by atoms with van der Waals surface area (Å²) in [5.74, 6) is 0.0744. The Kier molecular flexibility index (Phi) is 4.45. The molecule has 0 aliphatic rings. The summed E-state index contributed by atoms with van der Waals surface area (Å²) in [6.45, 7) is 0.509. The van der Waals surface area contributed by atoms with E-state index in [9.17, 15) is 4.79 Å². The van der Waals surface area contributed by atoms with Gasteiger partial charge in [-0.15, -0.1) is 0 Å². The van der Waals surface area contributed by atoms with Gasteiger partial charge in [0.25, 0.3) is 0 Å². The number of anilines is 1. The fourth-order valence-corrected chi connectivity index (χ4v) is 1.73. The largest absolute Gasteiger partial charge is 0.398 e. The average molecular weight is 252 g/mol. The van der Waals surface area contributed by atoms with E-state index in [1.165, 1.54) is 0 Å². The number of benzene rings is 2. The molecule has 96 valence electrons. The molecule has 0 fully saturated rings. The van der Waals surface area contributed by atoms with E-state index in [4.69, 9.17) is 5.73 Å². The minimum absolute atomic E-state index is 0.0744. The minimum atomic E-state index is 0.0744. The Hall–Kier alpha value is -2.42. The van der Waals surface area contributed by atoms with Crippen molar-refractivity contribution in [2.24, 2.45) is 4.99 Å². The van der Waals surface area contributed by atoms with Crippen LogP contribution >= 0.6 is 0 Å². The lowest BCUT2D eigenvalue weighted by Gasteiger charge is -2.00. The molecule has 0 radical (unpaired) electrons. The molecule has 0 heterocycles. The fraction of sp³-hybridized carbons (Fsp3) is 0.125. The van der Waals surface area contributed by atoms with E-state index in [1.54, 1.807) is 6.21 Å². The molecule has 3 nitrogen and oxygen atoms in total. The predicted molar refractivity (Wildman–Crippen MR) is 78.4 cm³/mol. The molecular formula is C16H16N2O. The first-order valence-electron chi connectivity index (χ1n) is 6.17. The van der Waals surface area contributed by atoms with Crippen LogP contribution in [0.4, 0.5) is 5.69 Å². The molecule has 2 aromatic carbocycles. The Morgan fingerprint density at radius 1 is 1.05 bits per heavy atom. The number of hydrogen-bond acceptors (Lipinski definition) is 3. The second-order valence-corrected chi connectivity index (χ2v) is 4.22. The van der Waals surface area contributed by atoms with Crippen LogP contribution in [0.1, 0.15) is 22.3 Å². The van der Waals surface area contributed by atoms with Crippen LogP contribution in [0.25, 0.3) is 0 Å². The topological polar surface area (TPSA) is 55.4 Å². The summed E-state index contributed by atoms with van der Waals surface area (Å²) < 4.78 is 0. The molecule has 0 saturated carbocycles. The summed E-state index contributed by atoms with van der Waals surface area (Å²) in [5.41, 5.74) is 8.24. The Bertz CT molecular complexity index is 576. The second kappa shape index (κ2) is 6.50. The quantitative estimate of drug-likeness (QED) is 0.505. The molecule has 0 aliphatic heterocycles. The number of nitrogens with two attached hydrogens (primary N) is 1. The van der Waals surface area contributed by atoms with E-state index in [0.717, 1.165) is 11.3 Å². The molecule has 0 aromatic heterocycles. The zero-order chi connectivity index (χ0) is 13.5. The van der Waals surface area contributed by atoms with Gasteiger partial charge < -0.3 is 5.73 Å². The van der Waals surface area contributed by atoms with E-state index in [-0.39, 0.29) is 5.78 Å². The summed E-state index contributed by atoms with van der Waals surface area (Å²) in [6.07, 6.45) is 1.97. The van der Waals surface area contributed by atoms with Crippen molar-refractivity contribution in [3.05, 3.63) is 65.7 Å². The Balaban J connectivity index is 1.88. The van der Waals surface area contributed by atoms with Crippen molar-refractivity contribution in [3.63, 3.8) is 0 Å². The van der Waals surface area contributed by atoms with Crippen LogP contribution in [-0.4, -0.2) is 12.0 Å². The molecule has 0 amide bonds. The third-order valence-corrected chi connectivity index (χ3v) is 2.82. The van der Waals surface area contributed by atoms with Crippen molar-refractivity contribution < 1.29 is 4.79 Å². The van der Waals surface area contributed by atoms with Crippen molar-refractivity contribution in [1.29, 1.82) is 0 Å². The van der Waals surface area contributed by atoms with Gasteiger partial charge >= 0.3 is 0 Å². The van der Waals surface area contributed by atoms with Crippen molar-refractivity contribution in [2.75, 3.05) is 5.73 Å². The van der Waals surface area contributed by atoms with Gasteiger partial charge in [-0.25, -0.2) is 0 Å². The minimum Gasteiger partial charge on any atom is -0.398 e. The van der Waals surface area contributed by atoms with Crippen molar-refractivity contribution in [1.82, 2.24) is 0 Å². The Morgan fingerprint density at radius 2 is 1.74 bits per heavy atom. The first kappa shape index (κ1) is 13.0. The Labute approximate surface area is 112 Å². The molecule has 0 unspecified atom stereocenters. The lowest BCUT2D eigenvalue weighted by atomic mass is 10.1. The van der Waals surface area contributed by atoms with Gasteiger partial charge in [-0.05, 0) is 11.6 Å². The zero-order valence-electron chi connectivity index (χ0n) is 10.6. The van der Waals surface area contributed by atoms with Gasteiger partial charge in [-0.1, -0.05) is 48.5 Å². The first-order chi connectivity index (χ1) is 9.27. The molecular weight excluding hydrogens is 236 g/mol. The Morgan fingerprint density at radius 3 is 2.47 bits per heavy atom. The third kappa shape index (κ3) is 3.78. The molecule has 19 heavy (non-hydrogen) atoms. The first-order valence-corrected chi connectivity index (χ1v) is 6.17. The van der Waals surface area contributed by atoms with Gasteiger partial charge in [-0.2, -0.15) is 0 Å². The number of Topliss-reactive ketones (excluding diaryl/α,β-unsaturated/α-hetero) is 1. The highest BCUT2D eigenvalue weighted by molar-refractivity contribution is 6.03. The molecule has 3 heteroatoms. The summed E-state index contributed by atoms with van der Waals surface area (Å²) in [5, 5.41) is 0. The zero-order valence-corrected chi connectivity index (χ0v) is 10.6. The van der Waals surface area contributed by atoms with Crippen LogP contribution in [0.5, 0.6) is 0 Å². The highest BCUT2D eigenvalue weighted by Crippen LogP contribution is 2.11.